The maximum atomic E-state index is 13.0. The molecule has 0 aromatic carbocycles. The summed E-state index contributed by atoms with van der Waals surface area (Å²) >= 11 is 0. The first kappa shape index (κ1) is 21.6. The van der Waals surface area contributed by atoms with Crippen LogP contribution in [0, 0.1) is 6.92 Å². The summed E-state index contributed by atoms with van der Waals surface area (Å²) in [4.78, 5) is 33.7. The summed E-state index contributed by atoms with van der Waals surface area (Å²) in [6.45, 7) is 3.02. The van der Waals surface area contributed by atoms with E-state index in [4.69, 9.17) is 14.2 Å². The van der Waals surface area contributed by atoms with Crippen LogP contribution in [0.4, 0.5) is 4.79 Å². The normalized spacial score (nSPS) is 32.2. The first-order valence-electron chi connectivity index (χ1n) is 12.1. The second-order valence-electron chi connectivity index (χ2n) is 9.54. The average molecular weight is 444 g/mol. The number of ether oxygens (including phenoxy) is 3. The Morgan fingerprint density at radius 3 is 2.25 bits per heavy atom. The Bertz CT molecular complexity index is 801. The van der Waals surface area contributed by atoms with Crippen LogP contribution in [0.15, 0.2) is 18.3 Å². The Kier molecular flexibility index (Phi) is 6.33. The summed E-state index contributed by atoms with van der Waals surface area (Å²) in [6.07, 6.45) is 9.76. The molecule has 5 atom stereocenters. The van der Waals surface area contributed by atoms with Gasteiger partial charge < -0.3 is 24.0 Å². The minimum absolute atomic E-state index is 0.000199. The van der Waals surface area contributed by atoms with Gasteiger partial charge in [-0.1, -0.05) is 25.7 Å². The number of hydrogen-bond acceptors (Lipinski definition) is 6. The molecule has 1 aromatic heterocycles. The highest BCUT2D eigenvalue weighted by molar-refractivity contribution is 5.94. The van der Waals surface area contributed by atoms with Crippen LogP contribution in [0.25, 0.3) is 0 Å². The maximum Gasteiger partial charge on any atom is 0.410 e. The molecule has 4 aliphatic rings. The standard InChI is InChI=1S/C24H33N3O5/c1-16-8-9-17(12-25-16)23(28)27-18-10-11-19(27)14-26(13-18)24(29)30-15-22-31-20-6-4-2-3-5-7-21(20)32-22/h8-9,12,18-22H,2-7,10-11,13-15H2,1H3/t18?,19?,20-,21+,22-. The summed E-state index contributed by atoms with van der Waals surface area (Å²) in [5.41, 5.74) is 1.49. The Balaban J connectivity index is 1.13. The van der Waals surface area contributed by atoms with Crippen molar-refractivity contribution in [1.29, 1.82) is 0 Å². The molecule has 1 saturated carbocycles. The molecular formula is C24H33N3O5. The highest BCUT2D eigenvalue weighted by Crippen LogP contribution is 2.33. The molecule has 4 heterocycles. The Morgan fingerprint density at radius 1 is 1.00 bits per heavy atom. The van der Waals surface area contributed by atoms with Crippen molar-refractivity contribution >= 4 is 12.0 Å². The Hall–Kier alpha value is -2.19. The van der Waals surface area contributed by atoms with Crippen LogP contribution in [-0.4, -0.2) is 77.1 Å². The van der Waals surface area contributed by atoms with Crippen molar-refractivity contribution in [3.05, 3.63) is 29.6 Å². The fraction of sp³-hybridized carbons (Fsp3) is 0.708. The van der Waals surface area contributed by atoms with Crippen molar-refractivity contribution < 1.29 is 23.8 Å². The van der Waals surface area contributed by atoms with Crippen LogP contribution in [0.3, 0.4) is 0 Å². The van der Waals surface area contributed by atoms with Gasteiger partial charge in [-0.3, -0.25) is 9.78 Å². The zero-order chi connectivity index (χ0) is 22.1. The van der Waals surface area contributed by atoms with Crippen molar-refractivity contribution in [3.8, 4) is 0 Å². The van der Waals surface area contributed by atoms with Gasteiger partial charge in [0.05, 0.1) is 29.9 Å². The van der Waals surface area contributed by atoms with E-state index in [2.05, 4.69) is 4.98 Å². The first-order valence-corrected chi connectivity index (χ1v) is 12.1. The molecule has 5 rings (SSSR count). The lowest BCUT2D eigenvalue weighted by Crippen LogP contribution is -2.57. The second kappa shape index (κ2) is 9.35. The van der Waals surface area contributed by atoms with E-state index in [1.54, 1.807) is 11.1 Å². The third-order valence-electron chi connectivity index (χ3n) is 7.27. The summed E-state index contributed by atoms with van der Waals surface area (Å²) in [7, 11) is 0. The number of likely N-dealkylation sites (tertiary alicyclic amines) is 1. The number of carbonyl (C=O) groups is 2. The lowest BCUT2D eigenvalue weighted by atomic mass is 9.96. The number of nitrogens with zero attached hydrogens (tertiary/aromatic N) is 3. The molecule has 1 aromatic rings. The number of rotatable bonds is 3. The number of amides is 2. The number of aromatic nitrogens is 1. The molecule has 0 spiro atoms. The van der Waals surface area contributed by atoms with Crippen LogP contribution >= 0.6 is 0 Å². The number of pyridine rings is 1. The number of carbonyl (C=O) groups excluding carboxylic acids is 2. The first-order chi connectivity index (χ1) is 15.6. The Labute approximate surface area is 189 Å². The van der Waals surface area contributed by atoms with Crippen molar-refractivity contribution in [2.75, 3.05) is 19.7 Å². The number of aryl methyl sites for hydroxylation is 1. The fourth-order valence-corrected chi connectivity index (χ4v) is 5.59. The molecule has 8 heteroatoms. The molecular weight excluding hydrogens is 410 g/mol. The van der Waals surface area contributed by atoms with E-state index in [0.29, 0.717) is 18.7 Å². The van der Waals surface area contributed by atoms with Crippen LogP contribution in [0.2, 0.25) is 0 Å². The molecule has 174 valence electrons. The highest BCUT2D eigenvalue weighted by Gasteiger charge is 2.45. The molecule has 2 unspecified atom stereocenters. The monoisotopic (exact) mass is 443 g/mol. The fourth-order valence-electron chi connectivity index (χ4n) is 5.59. The zero-order valence-electron chi connectivity index (χ0n) is 18.8. The van der Waals surface area contributed by atoms with Crippen molar-refractivity contribution in [2.45, 2.75) is 88.9 Å². The maximum absolute atomic E-state index is 13.0. The summed E-state index contributed by atoms with van der Waals surface area (Å²) in [6, 6.07) is 3.72. The van der Waals surface area contributed by atoms with Gasteiger partial charge in [-0.25, -0.2) is 4.79 Å². The summed E-state index contributed by atoms with van der Waals surface area (Å²) in [5.74, 6) is 0.000199. The van der Waals surface area contributed by atoms with E-state index in [9.17, 15) is 9.59 Å². The molecule has 8 nitrogen and oxygen atoms in total. The minimum atomic E-state index is -0.472. The molecule has 0 N–H and O–H groups in total. The third kappa shape index (κ3) is 4.48. The molecule has 0 radical (unpaired) electrons. The van der Waals surface area contributed by atoms with Crippen LogP contribution in [0.5, 0.6) is 0 Å². The lowest BCUT2D eigenvalue weighted by molar-refractivity contribution is -0.102. The van der Waals surface area contributed by atoms with E-state index in [-0.39, 0.29) is 42.9 Å². The number of hydrogen-bond donors (Lipinski definition) is 0. The molecule has 32 heavy (non-hydrogen) atoms. The van der Waals surface area contributed by atoms with Gasteiger partial charge in [-0.2, -0.15) is 0 Å². The van der Waals surface area contributed by atoms with Crippen LogP contribution in [-0.2, 0) is 14.2 Å². The van der Waals surface area contributed by atoms with E-state index in [1.165, 1.54) is 25.7 Å². The lowest BCUT2D eigenvalue weighted by Gasteiger charge is -2.40. The van der Waals surface area contributed by atoms with E-state index in [0.717, 1.165) is 31.4 Å². The molecule has 1 aliphatic carbocycles. The van der Waals surface area contributed by atoms with Gasteiger partial charge in [0.1, 0.15) is 6.61 Å². The van der Waals surface area contributed by atoms with Crippen molar-refractivity contribution in [2.24, 2.45) is 0 Å². The topological polar surface area (TPSA) is 81.2 Å². The number of piperazine rings is 1. The van der Waals surface area contributed by atoms with Gasteiger partial charge in [-0.05, 0) is 44.7 Å². The molecule has 2 bridgehead atoms. The van der Waals surface area contributed by atoms with Gasteiger partial charge in [-0.15, -0.1) is 0 Å². The van der Waals surface area contributed by atoms with Crippen molar-refractivity contribution in [1.82, 2.24) is 14.8 Å². The van der Waals surface area contributed by atoms with Crippen LogP contribution < -0.4 is 0 Å². The van der Waals surface area contributed by atoms with Gasteiger partial charge in [0.25, 0.3) is 5.91 Å². The largest absolute Gasteiger partial charge is 0.444 e. The third-order valence-corrected chi connectivity index (χ3v) is 7.27. The average Bonchev–Trinajstić information content (AvgIpc) is 3.28. The van der Waals surface area contributed by atoms with E-state index < -0.39 is 6.29 Å². The molecule has 2 amide bonds. The molecule has 3 aliphatic heterocycles. The predicted octanol–water partition coefficient (Wildman–Crippen LogP) is 3.28. The van der Waals surface area contributed by atoms with Crippen molar-refractivity contribution in [3.63, 3.8) is 0 Å². The molecule has 4 fully saturated rings. The quantitative estimate of drug-likeness (QED) is 0.713. The zero-order valence-corrected chi connectivity index (χ0v) is 18.8. The van der Waals surface area contributed by atoms with E-state index in [1.807, 2.05) is 24.0 Å². The van der Waals surface area contributed by atoms with Gasteiger partial charge in [0.15, 0.2) is 6.29 Å². The SMILES string of the molecule is Cc1ccc(C(=O)N2C3CCC2CN(C(=O)OC[C@H]2O[C@H]4CCCCCC[C@H]4O2)C3)cn1. The predicted molar refractivity (Wildman–Crippen MR) is 116 cm³/mol. The van der Waals surface area contributed by atoms with Gasteiger partial charge >= 0.3 is 6.09 Å². The minimum Gasteiger partial charge on any atom is -0.444 e. The van der Waals surface area contributed by atoms with Crippen LogP contribution in [0.1, 0.15) is 67.4 Å². The van der Waals surface area contributed by atoms with Gasteiger partial charge in [0, 0.05) is 25.0 Å². The van der Waals surface area contributed by atoms with Gasteiger partial charge in [0.2, 0.25) is 0 Å². The smallest absolute Gasteiger partial charge is 0.410 e. The Morgan fingerprint density at radius 2 is 1.66 bits per heavy atom. The second-order valence-corrected chi connectivity index (χ2v) is 9.54. The summed E-state index contributed by atoms with van der Waals surface area (Å²) in [5, 5.41) is 0. The highest BCUT2D eigenvalue weighted by atomic mass is 16.7. The molecule has 3 saturated heterocycles. The number of fused-ring (bicyclic) bond motifs is 3. The van der Waals surface area contributed by atoms with E-state index >= 15 is 0 Å². The summed E-state index contributed by atoms with van der Waals surface area (Å²) < 4.78 is 17.6.